The summed E-state index contributed by atoms with van der Waals surface area (Å²) in [6, 6.07) is 20.8. The third-order valence-electron chi connectivity index (χ3n) is 5.41. The summed E-state index contributed by atoms with van der Waals surface area (Å²) >= 11 is 0. The maximum absolute atomic E-state index is 12.5. The maximum Gasteiger partial charge on any atom is 0.193 e. The van der Waals surface area contributed by atoms with Gasteiger partial charge in [0.25, 0.3) is 0 Å². The van der Waals surface area contributed by atoms with Crippen LogP contribution in [0.3, 0.4) is 0 Å². The summed E-state index contributed by atoms with van der Waals surface area (Å²) in [6.07, 6.45) is 1.54. The third-order valence-corrected chi connectivity index (χ3v) is 10.1. The van der Waals surface area contributed by atoms with Crippen molar-refractivity contribution in [2.75, 3.05) is 7.11 Å². The van der Waals surface area contributed by atoms with Crippen molar-refractivity contribution < 1.29 is 14.0 Å². The van der Waals surface area contributed by atoms with Crippen LogP contribution in [0.5, 0.6) is 5.75 Å². The molecule has 0 saturated carbocycles. The number of rotatable bonds is 10. The molecule has 0 heterocycles. The van der Waals surface area contributed by atoms with Gasteiger partial charge in [0.1, 0.15) is 11.4 Å². The molecule has 0 aliphatic rings. The summed E-state index contributed by atoms with van der Waals surface area (Å²) < 4.78 is 12.1. The first-order valence-corrected chi connectivity index (χ1v) is 11.9. The molecule has 0 spiro atoms. The molecule has 3 nitrogen and oxygen atoms in total. The molecule has 0 bridgehead atoms. The van der Waals surface area contributed by atoms with Gasteiger partial charge in [-0.25, -0.2) is 0 Å². The van der Waals surface area contributed by atoms with Gasteiger partial charge >= 0.3 is 0 Å². The van der Waals surface area contributed by atoms with Crippen LogP contribution in [0.25, 0.3) is 0 Å². The van der Waals surface area contributed by atoms with Crippen molar-refractivity contribution in [1.82, 2.24) is 0 Å². The first-order chi connectivity index (χ1) is 12.6. The average molecular weight is 371 g/mol. The summed E-state index contributed by atoms with van der Waals surface area (Å²) in [5, 5.41) is 0. The summed E-state index contributed by atoms with van der Waals surface area (Å²) in [6.45, 7) is 6.56. The molecule has 0 aliphatic heterocycles. The zero-order chi connectivity index (χ0) is 19.0. The molecular weight excluding hydrogens is 340 g/mol. The first-order valence-electron chi connectivity index (χ1n) is 9.42. The van der Waals surface area contributed by atoms with Crippen LogP contribution < -0.4 is 4.74 Å². The van der Waals surface area contributed by atoms with E-state index in [1.54, 1.807) is 7.11 Å². The maximum atomic E-state index is 12.5. The summed E-state index contributed by atoms with van der Waals surface area (Å²) in [4.78, 5) is 12.5. The van der Waals surface area contributed by atoms with E-state index in [1.807, 2.05) is 42.5 Å². The fraction of sp³-hybridized carbons (Fsp3) is 0.409. The molecule has 26 heavy (non-hydrogen) atoms. The van der Waals surface area contributed by atoms with E-state index in [1.165, 1.54) is 0 Å². The highest BCUT2D eigenvalue weighted by Gasteiger charge is 2.42. The minimum absolute atomic E-state index is 0.540. The Morgan fingerprint density at radius 3 is 1.96 bits per heavy atom. The van der Waals surface area contributed by atoms with E-state index in [-0.39, 0.29) is 0 Å². The Labute approximate surface area is 158 Å². The molecule has 0 fully saturated rings. The minimum atomic E-state index is -1.99. The summed E-state index contributed by atoms with van der Waals surface area (Å²) in [7, 11) is -0.350. The Morgan fingerprint density at radius 1 is 0.923 bits per heavy atom. The predicted molar refractivity (Wildman–Crippen MR) is 109 cm³/mol. The van der Waals surface area contributed by atoms with E-state index in [9.17, 15) is 4.79 Å². The van der Waals surface area contributed by atoms with Gasteiger partial charge in [0.2, 0.25) is 0 Å². The van der Waals surface area contributed by atoms with Crippen molar-refractivity contribution in [3.8, 4) is 5.75 Å². The van der Waals surface area contributed by atoms with Crippen LogP contribution in [0.4, 0.5) is 0 Å². The molecule has 2 aromatic carbocycles. The highest BCUT2D eigenvalue weighted by atomic mass is 28.4. The van der Waals surface area contributed by atoms with E-state index >= 15 is 0 Å². The van der Waals surface area contributed by atoms with Crippen LogP contribution in [0.1, 0.15) is 31.9 Å². The average Bonchev–Trinajstić information content (AvgIpc) is 2.72. The van der Waals surface area contributed by atoms with Crippen LogP contribution >= 0.6 is 0 Å². The van der Waals surface area contributed by atoms with Gasteiger partial charge in [0.15, 0.2) is 14.6 Å². The smallest absolute Gasteiger partial charge is 0.193 e. The monoisotopic (exact) mass is 370 g/mol. The van der Waals surface area contributed by atoms with Crippen molar-refractivity contribution in [1.29, 1.82) is 0 Å². The van der Waals surface area contributed by atoms with E-state index < -0.39 is 13.9 Å². The number of ether oxygens (including phenoxy) is 1. The minimum Gasteiger partial charge on any atom is -0.497 e. The largest absolute Gasteiger partial charge is 0.497 e. The van der Waals surface area contributed by atoms with Crippen molar-refractivity contribution in [2.45, 2.75) is 50.9 Å². The number of hydrogen-bond donors (Lipinski definition) is 0. The lowest BCUT2D eigenvalue weighted by Crippen LogP contribution is -2.47. The highest BCUT2D eigenvalue weighted by Crippen LogP contribution is 2.36. The molecule has 0 N–H and O–H groups in total. The van der Waals surface area contributed by atoms with E-state index in [0.717, 1.165) is 41.3 Å². The molecule has 2 rings (SSSR count). The zero-order valence-corrected chi connectivity index (χ0v) is 17.3. The lowest BCUT2D eigenvalue weighted by atomic mass is 9.88. The molecule has 4 heteroatoms. The van der Waals surface area contributed by atoms with Crippen LogP contribution in [0, 0.1) is 0 Å². The first kappa shape index (κ1) is 20.4. The molecule has 1 unspecified atom stereocenters. The number of carbonyl (C=O) groups is 1. The van der Waals surface area contributed by atoms with Crippen molar-refractivity contribution in [2.24, 2.45) is 0 Å². The van der Waals surface area contributed by atoms with Gasteiger partial charge in [-0.15, -0.1) is 0 Å². The molecule has 2 aromatic rings. The number of hydrogen-bond acceptors (Lipinski definition) is 3. The lowest BCUT2D eigenvalue weighted by Gasteiger charge is -2.40. The fourth-order valence-electron chi connectivity index (χ4n) is 3.46. The zero-order valence-electron chi connectivity index (χ0n) is 16.3. The van der Waals surface area contributed by atoms with E-state index in [2.05, 4.69) is 32.9 Å². The van der Waals surface area contributed by atoms with E-state index in [4.69, 9.17) is 9.16 Å². The molecular formula is C22H30O3Si. The van der Waals surface area contributed by atoms with Gasteiger partial charge < -0.3 is 9.16 Å². The lowest BCUT2D eigenvalue weighted by molar-refractivity contribution is -0.123. The predicted octanol–water partition coefficient (Wildman–Crippen LogP) is 5.35. The normalized spacial score (nSPS) is 13.8. The second-order valence-electron chi connectivity index (χ2n) is 6.74. The van der Waals surface area contributed by atoms with Gasteiger partial charge in [0.05, 0.1) is 7.11 Å². The molecule has 0 aliphatic carbocycles. The van der Waals surface area contributed by atoms with Gasteiger partial charge in [-0.1, -0.05) is 63.2 Å². The molecule has 0 aromatic heterocycles. The number of methoxy groups -OCH3 is 1. The molecule has 0 radical (unpaired) electrons. The Hall–Kier alpha value is -1.91. The molecule has 1 atom stereocenters. The Kier molecular flexibility index (Phi) is 7.18. The highest BCUT2D eigenvalue weighted by molar-refractivity contribution is 6.73. The number of carbonyl (C=O) groups excluding carboxylic acids is 1. The summed E-state index contributed by atoms with van der Waals surface area (Å²) in [5.74, 6) is 0.776. The van der Waals surface area contributed by atoms with Gasteiger partial charge in [-0.3, -0.25) is 4.79 Å². The SMILES string of the molecule is CC[Si](CC)(CC)OC(C=O)(Cc1ccccc1)c1ccc(OC)cc1. The topological polar surface area (TPSA) is 35.5 Å². The van der Waals surface area contributed by atoms with Crippen LogP contribution in [-0.4, -0.2) is 21.7 Å². The third kappa shape index (κ3) is 4.43. The van der Waals surface area contributed by atoms with Crippen molar-refractivity contribution in [3.63, 3.8) is 0 Å². The Morgan fingerprint density at radius 2 is 1.50 bits per heavy atom. The van der Waals surface area contributed by atoms with Crippen molar-refractivity contribution >= 4 is 14.6 Å². The molecule has 0 saturated heterocycles. The second kappa shape index (κ2) is 9.15. The standard InChI is InChI=1S/C22H30O3Si/c1-5-26(6-2,7-3)25-22(18-23,17-19-11-9-8-10-12-19)20-13-15-21(24-4)16-14-20/h8-16,18H,5-7,17H2,1-4H3. The van der Waals surface area contributed by atoms with Crippen molar-refractivity contribution in [3.05, 3.63) is 65.7 Å². The quantitative estimate of drug-likeness (QED) is 0.417. The number of benzene rings is 2. The number of aldehydes is 1. The fourth-order valence-corrected chi connectivity index (χ4v) is 6.40. The Bertz CT molecular complexity index is 672. The van der Waals surface area contributed by atoms with Crippen LogP contribution in [0.2, 0.25) is 18.1 Å². The molecule has 0 amide bonds. The van der Waals surface area contributed by atoms with Gasteiger partial charge in [-0.05, 0) is 41.4 Å². The summed E-state index contributed by atoms with van der Waals surface area (Å²) in [5.41, 5.74) is 1.04. The van der Waals surface area contributed by atoms with Crippen LogP contribution in [0.15, 0.2) is 54.6 Å². The Balaban J connectivity index is 2.51. The molecule has 140 valence electrons. The van der Waals surface area contributed by atoms with Crippen LogP contribution in [-0.2, 0) is 21.2 Å². The van der Waals surface area contributed by atoms with E-state index in [0.29, 0.717) is 6.42 Å². The second-order valence-corrected chi connectivity index (χ2v) is 11.4. The van der Waals surface area contributed by atoms with Gasteiger partial charge in [-0.2, -0.15) is 0 Å². The van der Waals surface area contributed by atoms with Gasteiger partial charge in [0, 0.05) is 6.42 Å².